The Morgan fingerprint density at radius 3 is 2.00 bits per heavy atom. The van der Waals surface area contributed by atoms with Crippen LogP contribution in [-0.4, -0.2) is 5.71 Å². The van der Waals surface area contributed by atoms with Crippen LogP contribution in [-0.2, 0) is 0 Å². The fourth-order valence-corrected chi connectivity index (χ4v) is 1.78. The fraction of sp³-hybridized carbons (Fsp3) is 0. The van der Waals surface area contributed by atoms with Gasteiger partial charge in [-0.05, 0) is 12.1 Å². The zero-order chi connectivity index (χ0) is 11.4. The Bertz CT molecular complexity index is 489. The first kappa shape index (κ1) is 10.9. The molecule has 0 unspecified atom stereocenters. The molecule has 2 aromatic carbocycles. The number of hydrogen-bond donors (Lipinski definition) is 1. The predicted octanol–water partition coefficient (Wildman–Crippen LogP) is 3.16. The molecule has 3 heteroatoms. The van der Waals surface area contributed by atoms with Crippen LogP contribution in [0.15, 0.2) is 64.2 Å². The second-order valence-corrected chi connectivity index (χ2v) is 4.27. The molecule has 0 aromatic heterocycles. The van der Waals surface area contributed by atoms with E-state index in [0.717, 1.165) is 21.3 Å². The monoisotopic (exact) mass is 274 g/mol. The van der Waals surface area contributed by atoms with Crippen molar-refractivity contribution >= 4 is 21.6 Å². The molecular formula is C13H11BrN2. The molecule has 80 valence electrons. The highest BCUT2D eigenvalue weighted by Gasteiger charge is 2.05. The Labute approximate surface area is 103 Å². The summed E-state index contributed by atoms with van der Waals surface area (Å²) in [6.45, 7) is 0. The van der Waals surface area contributed by atoms with E-state index in [0.29, 0.717) is 0 Å². The fourth-order valence-electron chi connectivity index (χ4n) is 1.52. The zero-order valence-corrected chi connectivity index (χ0v) is 10.2. The lowest BCUT2D eigenvalue weighted by Crippen LogP contribution is -2.05. The third-order valence-electron chi connectivity index (χ3n) is 2.29. The minimum atomic E-state index is 0.799. The standard InChI is InChI=1S/C13H11BrN2/c14-12-8-6-11(7-9-12)13(16-15)10-4-2-1-3-5-10/h1-9H,15H2/b16-13+. The molecule has 16 heavy (non-hydrogen) atoms. The summed E-state index contributed by atoms with van der Waals surface area (Å²) in [5.41, 5.74) is 2.83. The van der Waals surface area contributed by atoms with E-state index in [-0.39, 0.29) is 0 Å². The molecule has 0 aliphatic heterocycles. The third-order valence-corrected chi connectivity index (χ3v) is 2.82. The van der Waals surface area contributed by atoms with E-state index >= 15 is 0 Å². The van der Waals surface area contributed by atoms with Crippen molar-refractivity contribution in [1.82, 2.24) is 0 Å². The summed E-state index contributed by atoms with van der Waals surface area (Å²) in [5, 5.41) is 3.86. The Morgan fingerprint density at radius 1 is 0.875 bits per heavy atom. The van der Waals surface area contributed by atoms with Crippen LogP contribution in [0.25, 0.3) is 0 Å². The van der Waals surface area contributed by atoms with E-state index in [4.69, 9.17) is 5.84 Å². The van der Waals surface area contributed by atoms with E-state index in [1.807, 2.05) is 54.6 Å². The van der Waals surface area contributed by atoms with Crippen LogP contribution in [0.2, 0.25) is 0 Å². The first-order valence-electron chi connectivity index (χ1n) is 4.90. The van der Waals surface area contributed by atoms with E-state index in [2.05, 4.69) is 21.0 Å². The maximum atomic E-state index is 5.45. The number of rotatable bonds is 2. The summed E-state index contributed by atoms with van der Waals surface area (Å²) in [5.74, 6) is 5.45. The molecule has 0 spiro atoms. The lowest BCUT2D eigenvalue weighted by atomic mass is 10.0. The number of benzene rings is 2. The minimum absolute atomic E-state index is 0.799. The number of nitrogens with two attached hydrogens (primary N) is 1. The molecule has 0 saturated heterocycles. The predicted molar refractivity (Wildman–Crippen MR) is 70.4 cm³/mol. The van der Waals surface area contributed by atoms with Gasteiger partial charge in [-0.1, -0.05) is 58.4 Å². The molecule has 0 heterocycles. The van der Waals surface area contributed by atoms with Crippen LogP contribution in [0.5, 0.6) is 0 Å². The second-order valence-electron chi connectivity index (χ2n) is 3.35. The van der Waals surface area contributed by atoms with Crippen LogP contribution in [0.1, 0.15) is 11.1 Å². The molecule has 0 atom stereocenters. The normalized spacial score (nSPS) is 11.4. The quantitative estimate of drug-likeness (QED) is 0.510. The Kier molecular flexibility index (Phi) is 3.37. The summed E-state index contributed by atoms with van der Waals surface area (Å²) in [6, 6.07) is 17.8. The molecule has 0 aliphatic carbocycles. The van der Waals surface area contributed by atoms with Gasteiger partial charge in [0.05, 0.1) is 5.71 Å². The van der Waals surface area contributed by atoms with Gasteiger partial charge in [0.15, 0.2) is 0 Å². The first-order valence-corrected chi connectivity index (χ1v) is 5.70. The highest BCUT2D eigenvalue weighted by atomic mass is 79.9. The van der Waals surface area contributed by atoms with Crippen molar-refractivity contribution < 1.29 is 0 Å². The van der Waals surface area contributed by atoms with Gasteiger partial charge < -0.3 is 5.84 Å². The topological polar surface area (TPSA) is 38.4 Å². The van der Waals surface area contributed by atoms with E-state index in [1.165, 1.54) is 0 Å². The van der Waals surface area contributed by atoms with Crippen LogP contribution in [0, 0.1) is 0 Å². The number of nitrogens with zero attached hydrogens (tertiary/aromatic N) is 1. The van der Waals surface area contributed by atoms with Crippen molar-refractivity contribution in [3.8, 4) is 0 Å². The average Bonchev–Trinajstić information content (AvgIpc) is 2.34. The smallest absolute Gasteiger partial charge is 0.0971 e. The SMILES string of the molecule is N/N=C(\c1ccccc1)c1ccc(Br)cc1. The molecule has 0 saturated carbocycles. The summed E-state index contributed by atoms with van der Waals surface area (Å²) >= 11 is 3.40. The molecule has 2 nitrogen and oxygen atoms in total. The van der Waals surface area contributed by atoms with Gasteiger partial charge in [0, 0.05) is 15.6 Å². The summed E-state index contributed by atoms with van der Waals surface area (Å²) in [6.07, 6.45) is 0. The van der Waals surface area contributed by atoms with Gasteiger partial charge in [-0.3, -0.25) is 0 Å². The van der Waals surface area contributed by atoms with Crippen LogP contribution >= 0.6 is 15.9 Å². The molecule has 0 radical (unpaired) electrons. The summed E-state index contributed by atoms with van der Waals surface area (Å²) < 4.78 is 1.04. The maximum Gasteiger partial charge on any atom is 0.0971 e. The van der Waals surface area contributed by atoms with Gasteiger partial charge in [0.2, 0.25) is 0 Å². The van der Waals surface area contributed by atoms with Crippen molar-refractivity contribution in [3.63, 3.8) is 0 Å². The van der Waals surface area contributed by atoms with Gasteiger partial charge in [0.25, 0.3) is 0 Å². The van der Waals surface area contributed by atoms with Gasteiger partial charge in [-0.25, -0.2) is 0 Å². The van der Waals surface area contributed by atoms with Crippen molar-refractivity contribution in [3.05, 3.63) is 70.2 Å². The molecule has 0 amide bonds. The van der Waals surface area contributed by atoms with Crippen molar-refractivity contribution in [2.45, 2.75) is 0 Å². The van der Waals surface area contributed by atoms with Gasteiger partial charge in [-0.2, -0.15) is 5.10 Å². The highest BCUT2D eigenvalue weighted by molar-refractivity contribution is 9.10. The van der Waals surface area contributed by atoms with Gasteiger partial charge in [0.1, 0.15) is 0 Å². The number of hydrazone groups is 1. The second kappa shape index (κ2) is 4.94. The van der Waals surface area contributed by atoms with Gasteiger partial charge >= 0.3 is 0 Å². The highest BCUT2D eigenvalue weighted by Crippen LogP contribution is 2.14. The van der Waals surface area contributed by atoms with Crippen LogP contribution in [0.4, 0.5) is 0 Å². The molecule has 0 fully saturated rings. The third kappa shape index (κ3) is 2.31. The maximum absolute atomic E-state index is 5.45. The van der Waals surface area contributed by atoms with Crippen molar-refractivity contribution in [2.24, 2.45) is 10.9 Å². The molecule has 2 aromatic rings. The average molecular weight is 275 g/mol. The largest absolute Gasteiger partial charge is 0.323 e. The molecule has 0 bridgehead atoms. The summed E-state index contributed by atoms with van der Waals surface area (Å²) in [7, 11) is 0. The van der Waals surface area contributed by atoms with Gasteiger partial charge in [-0.15, -0.1) is 0 Å². The van der Waals surface area contributed by atoms with Crippen LogP contribution < -0.4 is 5.84 Å². The van der Waals surface area contributed by atoms with E-state index in [9.17, 15) is 0 Å². The molecule has 2 N–H and O–H groups in total. The molecule has 2 rings (SSSR count). The van der Waals surface area contributed by atoms with E-state index in [1.54, 1.807) is 0 Å². The van der Waals surface area contributed by atoms with Crippen molar-refractivity contribution in [1.29, 1.82) is 0 Å². The number of hydrogen-bond acceptors (Lipinski definition) is 2. The van der Waals surface area contributed by atoms with E-state index < -0.39 is 0 Å². The first-order chi connectivity index (χ1) is 7.81. The Morgan fingerprint density at radius 2 is 1.44 bits per heavy atom. The number of halogens is 1. The minimum Gasteiger partial charge on any atom is -0.323 e. The van der Waals surface area contributed by atoms with Crippen molar-refractivity contribution in [2.75, 3.05) is 0 Å². The van der Waals surface area contributed by atoms with Crippen LogP contribution in [0.3, 0.4) is 0 Å². The summed E-state index contributed by atoms with van der Waals surface area (Å²) in [4.78, 5) is 0. The Hall–Kier alpha value is -1.61. The lowest BCUT2D eigenvalue weighted by molar-refractivity contribution is 1.24. The molecule has 0 aliphatic rings. The zero-order valence-electron chi connectivity index (χ0n) is 8.60. The Balaban J connectivity index is 2.42. The lowest BCUT2D eigenvalue weighted by Gasteiger charge is -2.05. The molecular weight excluding hydrogens is 264 g/mol.